The van der Waals surface area contributed by atoms with Crippen LogP contribution in [0, 0.1) is 0 Å². The Morgan fingerprint density at radius 3 is 2.58 bits per heavy atom. The molecule has 0 aliphatic carbocycles. The summed E-state index contributed by atoms with van der Waals surface area (Å²) in [6.45, 7) is 3.66. The lowest BCUT2D eigenvalue weighted by molar-refractivity contribution is 0.226. The van der Waals surface area contributed by atoms with E-state index in [0.29, 0.717) is 0 Å². The van der Waals surface area contributed by atoms with E-state index in [1.165, 1.54) is 37.9 Å². The number of aryl methyl sites for hydroxylation is 1. The van der Waals surface area contributed by atoms with Gasteiger partial charge in [0.05, 0.1) is 15.7 Å². The lowest BCUT2D eigenvalue weighted by atomic mass is 10.0. The molecule has 0 radical (unpaired) electrons. The maximum atomic E-state index is 13.1. The van der Waals surface area contributed by atoms with Gasteiger partial charge in [0.1, 0.15) is 0 Å². The number of benzene rings is 2. The SMILES string of the molecule is O=S(c1ccccc1)c1c[nH]c2cccc(CCCN3CCCCC3)c12. The average Bonchev–Trinajstić information content (AvgIpc) is 3.14. The third-order valence-electron chi connectivity index (χ3n) is 5.28. The van der Waals surface area contributed by atoms with Crippen molar-refractivity contribution in [1.82, 2.24) is 9.88 Å². The minimum Gasteiger partial charge on any atom is -0.360 e. The van der Waals surface area contributed by atoms with E-state index in [1.54, 1.807) is 0 Å². The lowest BCUT2D eigenvalue weighted by Crippen LogP contribution is -2.30. The van der Waals surface area contributed by atoms with E-state index in [4.69, 9.17) is 0 Å². The van der Waals surface area contributed by atoms with Crippen LogP contribution in [0.5, 0.6) is 0 Å². The predicted octanol–water partition coefficient (Wildman–Crippen LogP) is 4.75. The van der Waals surface area contributed by atoms with Gasteiger partial charge < -0.3 is 9.88 Å². The summed E-state index contributed by atoms with van der Waals surface area (Å²) in [5.74, 6) is 0. The van der Waals surface area contributed by atoms with Crippen molar-refractivity contribution in [2.45, 2.75) is 41.9 Å². The minimum atomic E-state index is -1.15. The van der Waals surface area contributed by atoms with Gasteiger partial charge in [-0.25, -0.2) is 4.21 Å². The fourth-order valence-electron chi connectivity index (χ4n) is 3.93. The van der Waals surface area contributed by atoms with Gasteiger partial charge >= 0.3 is 0 Å². The smallest absolute Gasteiger partial charge is 0.0871 e. The zero-order valence-corrected chi connectivity index (χ0v) is 15.9. The van der Waals surface area contributed by atoms with Crippen LogP contribution in [-0.4, -0.2) is 33.7 Å². The first kappa shape index (κ1) is 17.5. The van der Waals surface area contributed by atoms with E-state index in [-0.39, 0.29) is 0 Å². The molecule has 0 bridgehead atoms. The number of fused-ring (bicyclic) bond motifs is 1. The van der Waals surface area contributed by atoms with Gasteiger partial charge in [0.15, 0.2) is 0 Å². The summed E-state index contributed by atoms with van der Waals surface area (Å²) in [6, 6.07) is 16.1. The van der Waals surface area contributed by atoms with Crippen molar-refractivity contribution >= 4 is 21.7 Å². The molecule has 1 aromatic heterocycles. The number of aromatic nitrogens is 1. The lowest BCUT2D eigenvalue weighted by Gasteiger charge is -2.26. The van der Waals surface area contributed by atoms with Crippen LogP contribution in [0.1, 0.15) is 31.2 Å². The van der Waals surface area contributed by atoms with Crippen LogP contribution in [0.4, 0.5) is 0 Å². The maximum absolute atomic E-state index is 13.1. The number of piperidine rings is 1. The highest BCUT2D eigenvalue weighted by molar-refractivity contribution is 7.85. The van der Waals surface area contributed by atoms with Crippen LogP contribution < -0.4 is 0 Å². The first-order valence-electron chi connectivity index (χ1n) is 9.61. The van der Waals surface area contributed by atoms with Crippen LogP contribution >= 0.6 is 0 Å². The molecule has 1 aliphatic heterocycles. The molecule has 0 spiro atoms. The van der Waals surface area contributed by atoms with Crippen molar-refractivity contribution in [1.29, 1.82) is 0 Å². The van der Waals surface area contributed by atoms with Crippen molar-refractivity contribution < 1.29 is 4.21 Å². The number of rotatable bonds is 6. The molecule has 4 heteroatoms. The second-order valence-electron chi connectivity index (χ2n) is 7.08. The summed E-state index contributed by atoms with van der Waals surface area (Å²) in [5, 5.41) is 1.15. The minimum absolute atomic E-state index is 0.858. The van der Waals surface area contributed by atoms with Gasteiger partial charge in [0.25, 0.3) is 0 Å². The molecule has 2 heterocycles. The van der Waals surface area contributed by atoms with Gasteiger partial charge in [-0.3, -0.25) is 0 Å². The Morgan fingerprint density at radius 1 is 0.962 bits per heavy atom. The molecule has 4 rings (SSSR count). The second kappa shape index (κ2) is 8.19. The molecule has 1 N–H and O–H groups in total. The van der Waals surface area contributed by atoms with Crippen LogP contribution in [0.25, 0.3) is 10.9 Å². The molecule has 1 aliphatic rings. The largest absolute Gasteiger partial charge is 0.360 e. The number of aromatic amines is 1. The summed E-state index contributed by atoms with van der Waals surface area (Å²) in [7, 11) is -1.15. The van der Waals surface area contributed by atoms with Crippen LogP contribution in [0.3, 0.4) is 0 Å². The highest BCUT2D eigenvalue weighted by Gasteiger charge is 2.16. The monoisotopic (exact) mass is 366 g/mol. The Labute approximate surface area is 157 Å². The third-order valence-corrected chi connectivity index (χ3v) is 6.70. The molecule has 3 aromatic rings. The Kier molecular flexibility index (Phi) is 5.51. The highest BCUT2D eigenvalue weighted by atomic mass is 32.2. The standard InChI is InChI=1S/C22H26N2OS/c25-26(19-11-3-1-4-12-19)21-17-23-20-13-7-9-18(22(20)21)10-8-16-24-14-5-2-6-15-24/h1,3-4,7,9,11-13,17,23H,2,5-6,8,10,14-16H2. The molecule has 1 unspecified atom stereocenters. The van der Waals surface area contributed by atoms with E-state index in [2.05, 4.69) is 28.1 Å². The Morgan fingerprint density at radius 2 is 1.77 bits per heavy atom. The van der Waals surface area contributed by atoms with Gasteiger partial charge in [0.2, 0.25) is 0 Å². The number of hydrogen-bond donors (Lipinski definition) is 1. The van der Waals surface area contributed by atoms with Gasteiger partial charge in [-0.05, 0) is 69.1 Å². The molecule has 1 saturated heterocycles. The molecule has 2 aromatic carbocycles. The number of nitrogens with one attached hydrogen (secondary N) is 1. The van der Waals surface area contributed by atoms with E-state index in [1.807, 2.05) is 36.5 Å². The fourth-order valence-corrected chi connectivity index (χ4v) is 5.18. The molecule has 1 atom stereocenters. The van der Waals surface area contributed by atoms with Crippen LogP contribution in [-0.2, 0) is 17.2 Å². The first-order valence-corrected chi connectivity index (χ1v) is 10.8. The van der Waals surface area contributed by atoms with Crippen molar-refractivity contribution in [2.24, 2.45) is 0 Å². The topological polar surface area (TPSA) is 36.1 Å². The van der Waals surface area contributed by atoms with E-state index in [0.717, 1.165) is 40.1 Å². The number of likely N-dealkylation sites (tertiary alicyclic amines) is 1. The predicted molar refractivity (Wildman–Crippen MR) is 108 cm³/mol. The summed E-state index contributed by atoms with van der Waals surface area (Å²) in [4.78, 5) is 7.66. The van der Waals surface area contributed by atoms with Crippen molar-refractivity contribution in [2.75, 3.05) is 19.6 Å². The normalized spacial score (nSPS) is 16.8. The number of nitrogens with zero attached hydrogens (tertiary/aromatic N) is 1. The average molecular weight is 367 g/mol. The highest BCUT2D eigenvalue weighted by Crippen LogP contribution is 2.29. The van der Waals surface area contributed by atoms with Gasteiger partial charge in [-0.2, -0.15) is 0 Å². The molecule has 1 fully saturated rings. The molecule has 136 valence electrons. The Hall–Kier alpha value is -1.91. The summed E-state index contributed by atoms with van der Waals surface area (Å²) >= 11 is 0. The molecule has 0 amide bonds. The number of H-pyrrole nitrogens is 1. The molecule has 0 saturated carbocycles. The fraction of sp³-hybridized carbons (Fsp3) is 0.364. The van der Waals surface area contributed by atoms with Gasteiger partial charge in [0, 0.05) is 22.0 Å². The van der Waals surface area contributed by atoms with Crippen molar-refractivity contribution in [3.63, 3.8) is 0 Å². The van der Waals surface area contributed by atoms with Gasteiger partial charge in [-0.15, -0.1) is 0 Å². The molecule has 26 heavy (non-hydrogen) atoms. The first-order chi connectivity index (χ1) is 12.8. The third kappa shape index (κ3) is 3.76. The quantitative estimate of drug-likeness (QED) is 0.683. The molecule has 3 nitrogen and oxygen atoms in total. The zero-order valence-electron chi connectivity index (χ0n) is 15.1. The zero-order chi connectivity index (χ0) is 17.8. The Balaban J connectivity index is 1.55. The Bertz CT molecular complexity index is 882. The van der Waals surface area contributed by atoms with Crippen LogP contribution in [0.15, 0.2) is 64.5 Å². The van der Waals surface area contributed by atoms with Crippen LogP contribution in [0.2, 0.25) is 0 Å². The van der Waals surface area contributed by atoms with E-state index in [9.17, 15) is 4.21 Å². The van der Waals surface area contributed by atoms with E-state index >= 15 is 0 Å². The van der Waals surface area contributed by atoms with Crippen molar-refractivity contribution in [3.8, 4) is 0 Å². The van der Waals surface area contributed by atoms with Crippen molar-refractivity contribution in [3.05, 3.63) is 60.3 Å². The summed E-state index contributed by atoms with van der Waals surface area (Å²) < 4.78 is 13.1. The molecular formula is C22H26N2OS. The molecular weight excluding hydrogens is 340 g/mol. The van der Waals surface area contributed by atoms with E-state index < -0.39 is 10.8 Å². The summed E-state index contributed by atoms with van der Waals surface area (Å²) in [6.07, 6.45) is 8.17. The van der Waals surface area contributed by atoms with Gasteiger partial charge in [-0.1, -0.05) is 36.8 Å². The number of hydrogen-bond acceptors (Lipinski definition) is 2. The maximum Gasteiger partial charge on any atom is 0.0871 e. The second-order valence-corrected chi connectivity index (χ2v) is 8.53. The summed E-state index contributed by atoms with van der Waals surface area (Å²) in [5.41, 5.74) is 2.39.